The van der Waals surface area contributed by atoms with E-state index in [9.17, 15) is 5.26 Å². The highest BCUT2D eigenvalue weighted by Gasteiger charge is 2.22. The molecule has 0 heterocycles. The summed E-state index contributed by atoms with van der Waals surface area (Å²) in [5.74, 6) is 1.62. The predicted molar refractivity (Wildman–Crippen MR) is 105 cm³/mol. The minimum absolute atomic E-state index is 0.705. The van der Waals surface area contributed by atoms with E-state index in [0.29, 0.717) is 5.92 Å². The van der Waals surface area contributed by atoms with E-state index in [4.69, 9.17) is 0 Å². The lowest BCUT2D eigenvalue weighted by atomic mass is 9.77. The van der Waals surface area contributed by atoms with Gasteiger partial charge in [-0.3, -0.25) is 0 Å². The van der Waals surface area contributed by atoms with Crippen molar-refractivity contribution in [3.05, 3.63) is 72.3 Å². The number of hydrogen-bond donors (Lipinski definition) is 0. The third kappa shape index (κ3) is 4.40. The van der Waals surface area contributed by atoms with Crippen molar-refractivity contribution >= 4 is 0 Å². The minimum atomic E-state index is 0.705. The fourth-order valence-electron chi connectivity index (χ4n) is 4.10. The Balaban J connectivity index is 1.62. The maximum absolute atomic E-state index is 9.28. The van der Waals surface area contributed by atoms with Crippen LogP contribution in [0.15, 0.2) is 61.2 Å². The van der Waals surface area contributed by atoms with Gasteiger partial charge in [0.1, 0.15) is 0 Å². The summed E-state index contributed by atoms with van der Waals surface area (Å²) in [5.41, 5.74) is 4.37. The maximum Gasteiger partial charge on any atom is 0.0998 e. The number of allylic oxidation sites excluding steroid dienone is 1. The average molecular weight is 329 g/mol. The topological polar surface area (TPSA) is 23.8 Å². The lowest BCUT2D eigenvalue weighted by Crippen LogP contribution is -2.13. The first-order valence-corrected chi connectivity index (χ1v) is 9.52. The summed E-state index contributed by atoms with van der Waals surface area (Å²) in [7, 11) is 0. The molecule has 1 heteroatoms. The van der Waals surface area contributed by atoms with Crippen molar-refractivity contribution in [3.63, 3.8) is 0 Å². The first kappa shape index (κ1) is 17.5. The summed E-state index contributed by atoms with van der Waals surface area (Å²) < 4.78 is 0. The van der Waals surface area contributed by atoms with Gasteiger partial charge in [0.2, 0.25) is 0 Å². The highest BCUT2D eigenvalue weighted by Crippen LogP contribution is 2.38. The second-order valence-electron chi connectivity index (χ2n) is 7.22. The van der Waals surface area contributed by atoms with Gasteiger partial charge in [0.15, 0.2) is 0 Å². The maximum atomic E-state index is 9.28. The number of benzene rings is 2. The van der Waals surface area contributed by atoms with E-state index in [2.05, 4.69) is 36.9 Å². The van der Waals surface area contributed by atoms with Gasteiger partial charge in [0.25, 0.3) is 0 Å². The van der Waals surface area contributed by atoms with Crippen molar-refractivity contribution in [3.8, 4) is 17.2 Å². The zero-order chi connectivity index (χ0) is 17.5. The van der Waals surface area contributed by atoms with E-state index in [0.717, 1.165) is 29.0 Å². The van der Waals surface area contributed by atoms with Crippen molar-refractivity contribution in [1.29, 1.82) is 5.26 Å². The van der Waals surface area contributed by atoms with E-state index in [1.54, 1.807) is 0 Å². The Hall–Kier alpha value is -2.33. The van der Waals surface area contributed by atoms with E-state index in [1.165, 1.54) is 44.1 Å². The standard InChI is InChI=1S/C24H27N/c1-2-3-4-7-19-10-12-20(13-11-19)21-14-16-22(17-15-21)24-9-6-5-8-23(24)18-25/h2,5-6,8-9,14-17,19-20H,1,3-4,7,10-13H2. The van der Waals surface area contributed by atoms with Crippen LogP contribution in [0.2, 0.25) is 0 Å². The molecule has 2 aromatic rings. The summed E-state index contributed by atoms with van der Waals surface area (Å²) in [6.45, 7) is 3.82. The zero-order valence-corrected chi connectivity index (χ0v) is 15.0. The lowest BCUT2D eigenvalue weighted by molar-refractivity contribution is 0.306. The van der Waals surface area contributed by atoms with E-state index in [1.807, 2.05) is 30.3 Å². The molecule has 1 nitrogen and oxygen atoms in total. The highest BCUT2D eigenvalue weighted by molar-refractivity contribution is 5.70. The molecule has 0 aliphatic heterocycles. The molecule has 0 aromatic heterocycles. The van der Waals surface area contributed by atoms with E-state index in [-0.39, 0.29) is 0 Å². The number of rotatable bonds is 6. The smallest absolute Gasteiger partial charge is 0.0998 e. The molecule has 1 saturated carbocycles. The number of hydrogen-bond acceptors (Lipinski definition) is 1. The lowest BCUT2D eigenvalue weighted by Gasteiger charge is -2.29. The van der Waals surface area contributed by atoms with Crippen LogP contribution in [0, 0.1) is 17.2 Å². The summed E-state index contributed by atoms with van der Waals surface area (Å²) in [4.78, 5) is 0. The Labute approximate surface area is 152 Å². The Morgan fingerprint density at radius 3 is 2.40 bits per heavy atom. The molecule has 0 amide bonds. The Morgan fingerprint density at radius 2 is 1.72 bits per heavy atom. The van der Waals surface area contributed by atoms with Gasteiger partial charge in [-0.15, -0.1) is 6.58 Å². The second-order valence-corrected chi connectivity index (χ2v) is 7.22. The molecule has 0 saturated heterocycles. The van der Waals surface area contributed by atoms with Gasteiger partial charge in [-0.25, -0.2) is 0 Å². The van der Waals surface area contributed by atoms with Gasteiger partial charge in [0.05, 0.1) is 11.6 Å². The van der Waals surface area contributed by atoms with Gasteiger partial charge < -0.3 is 0 Å². The molecular weight excluding hydrogens is 302 g/mol. The van der Waals surface area contributed by atoms with Crippen molar-refractivity contribution in [1.82, 2.24) is 0 Å². The molecule has 25 heavy (non-hydrogen) atoms. The Kier molecular flexibility index (Phi) is 6.07. The third-order valence-electron chi connectivity index (χ3n) is 5.61. The Morgan fingerprint density at radius 1 is 1.00 bits per heavy atom. The van der Waals surface area contributed by atoms with Crippen molar-refractivity contribution in [2.24, 2.45) is 5.92 Å². The first-order valence-electron chi connectivity index (χ1n) is 9.52. The monoisotopic (exact) mass is 329 g/mol. The van der Waals surface area contributed by atoms with Crippen molar-refractivity contribution < 1.29 is 0 Å². The molecule has 0 atom stereocenters. The van der Waals surface area contributed by atoms with Gasteiger partial charge >= 0.3 is 0 Å². The van der Waals surface area contributed by atoms with Crippen LogP contribution in [0.4, 0.5) is 0 Å². The normalized spacial score (nSPS) is 20.0. The first-order chi connectivity index (χ1) is 12.3. The van der Waals surface area contributed by atoms with Crippen LogP contribution in [-0.4, -0.2) is 0 Å². The largest absolute Gasteiger partial charge is 0.192 e. The molecule has 1 aliphatic rings. The number of nitrogens with zero attached hydrogens (tertiary/aromatic N) is 1. The fourth-order valence-corrected chi connectivity index (χ4v) is 4.10. The minimum Gasteiger partial charge on any atom is -0.192 e. The quantitative estimate of drug-likeness (QED) is 0.419. The van der Waals surface area contributed by atoms with Crippen LogP contribution in [0.5, 0.6) is 0 Å². The summed E-state index contributed by atoms with van der Waals surface area (Å²) >= 11 is 0. The average Bonchev–Trinajstić information content (AvgIpc) is 2.69. The molecule has 1 fully saturated rings. The molecule has 3 rings (SSSR count). The summed E-state index contributed by atoms with van der Waals surface area (Å²) in [6.07, 6.45) is 11.2. The summed E-state index contributed by atoms with van der Waals surface area (Å²) in [6, 6.07) is 19.0. The van der Waals surface area contributed by atoms with Crippen LogP contribution >= 0.6 is 0 Å². The van der Waals surface area contributed by atoms with Gasteiger partial charge in [0, 0.05) is 0 Å². The Bertz CT molecular complexity index is 727. The third-order valence-corrected chi connectivity index (χ3v) is 5.61. The van der Waals surface area contributed by atoms with Crippen LogP contribution < -0.4 is 0 Å². The molecule has 0 spiro atoms. The molecule has 0 bridgehead atoms. The molecular formula is C24H27N. The van der Waals surface area contributed by atoms with Crippen molar-refractivity contribution in [2.75, 3.05) is 0 Å². The molecule has 128 valence electrons. The fraction of sp³-hybridized carbons (Fsp3) is 0.375. The van der Waals surface area contributed by atoms with Gasteiger partial charge in [-0.05, 0) is 73.1 Å². The number of nitriles is 1. The van der Waals surface area contributed by atoms with Crippen molar-refractivity contribution in [2.45, 2.75) is 50.9 Å². The number of unbranched alkanes of at least 4 members (excludes halogenated alkanes) is 1. The summed E-state index contributed by atoms with van der Waals surface area (Å²) in [5, 5.41) is 9.28. The molecule has 2 aromatic carbocycles. The predicted octanol–water partition coefficient (Wildman–Crippen LogP) is 6.86. The van der Waals surface area contributed by atoms with Gasteiger partial charge in [-0.2, -0.15) is 5.26 Å². The highest BCUT2D eigenvalue weighted by atomic mass is 14.3. The zero-order valence-electron chi connectivity index (χ0n) is 15.0. The van der Waals surface area contributed by atoms with E-state index >= 15 is 0 Å². The molecule has 1 aliphatic carbocycles. The molecule has 0 radical (unpaired) electrons. The van der Waals surface area contributed by atoms with E-state index < -0.39 is 0 Å². The molecule has 0 N–H and O–H groups in total. The second kappa shape index (κ2) is 8.67. The van der Waals surface area contributed by atoms with Crippen LogP contribution in [0.25, 0.3) is 11.1 Å². The SMILES string of the molecule is C=CCCCC1CCC(c2ccc(-c3ccccc3C#N)cc2)CC1. The van der Waals surface area contributed by atoms with Crippen LogP contribution in [0.1, 0.15) is 62.0 Å². The van der Waals surface area contributed by atoms with Gasteiger partial charge in [-0.1, -0.05) is 55.0 Å². The van der Waals surface area contributed by atoms with Crippen LogP contribution in [0.3, 0.4) is 0 Å². The molecule has 0 unspecified atom stereocenters. The van der Waals surface area contributed by atoms with Crippen LogP contribution in [-0.2, 0) is 0 Å².